The van der Waals surface area contributed by atoms with E-state index in [1.807, 2.05) is 26.8 Å². The van der Waals surface area contributed by atoms with E-state index < -0.39 is 12.3 Å². The van der Waals surface area contributed by atoms with Crippen molar-refractivity contribution in [2.75, 3.05) is 0 Å². The van der Waals surface area contributed by atoms with Crippen molar-refractivity contribution in [1.82, 2.24) is 14.8 Å². The maximum absolute atomic E-state index is 10.5. The Morgan fingerprint density at radius 1 is 1.27 bits per heavy atom. The van der Waals surface area contributed by atoms with Crippen molar-refractivity contribution < 1.29 is 9.84 Å². The van der Waals surface area contributed by atoms with Crippen molar-refractivity contribution >= 4 is 23.2 Å². The highest BCUT2D eigenvalue weighted by atomic mass is 35.5. The van der Waals surface area contributed by atoms with Crippen molar-refractivity contribution in [3.8, 4) is 0 Å². The Morgan fingerprint density at radius 3 is 2.55 bits per heavy atom. The van der Waals surface area contributed by atoms with Gasteiger partial charge in [-0.3, -0.25) is 0 Å². The van der Waals surface area contributed by atoms with Crippen molar-refractivity contribution in [2.45, 2.75) is 39.7 Å². The molecule has 0 amide bonds. The van der Waals surface area contributed by atoms with Crippen LogP contribution in [0.3, 0.4) is 0 Å². The third kappa shape index (κ3) is 4.20. The van der Waals surface area contributed by atoms with E-state index >= 15 is 0 Å². The molecule has 0 aliphatic carbocycles. The summed E-state index contributed by atoms with van der Waals surface area (Å²) in [6.07, 6.45) is 1.54. The van der Waals surface area contributed by atoms with E-state index in [1.165, 1.54) is 17.3 Å². The van der Waals surface area contributed by atoms with Gasteiger partial charge in [-0.25, -0.2) is 9.67 Å². The topological polar surface area (TPSA) is 60.2 Å². The minimum Gasteiger partial charge on any atom is -0.388 e. The summed E-state index contributed by atoms with van der Waals surface area (Å²) >= 11 is 11.9. The maximum atomic E-state index is 10.5. The van der Waals surface area contributed by atoms with Crippen LogP contribution in [0.25, 0.3) is 0 Å². The molecule has 1 heterocycles. The molecule has 2 rings (SSSR count). The SMILES string of the molecule is CC(C)(C)C(O)C(OCc1ccc(Cl)c(Cl)c1)n1cncn1. The van der Waals surface area contributed by atoms with E-state index in [2.05, 4.69) is 10.1 Å². The molecule has 2 unspecified atom stereocenters. The summed E-state index contributed by atoms with van der Waals surface area (Å²) in [4.78, 5) is 3.91. The number of hydrogen-bond donors (Lipinski definition) is 1. The number of aliphatic hydroxyl groups excluding tert-OH is 1. The van der Waals surface area contributed by atoms with Crippen LogP contribution in [-0.2, 0) is 11.3 Å². The molecular weight excluding hydrogens is 325 g/mol. The van der Waals surface area contributed by atoms with E-state index in [1.54, 1.807) is 12.1 Å². The molecule has 5 nitrogen and oxygen atoms in total. The Kier molecular flexibility index (Phi) is 5.45. The molecule has 1 N–H and O–H groups in total. The minimum atomic E-state index is -0.753. The van der Waals surface area contributed by atoms with Gasteiger partial charge in [-0.1, -0.05) is 50.0 Å². The molecule has 0 aliphatic rings. The van der Waals surface area contributed by atoms with Crippen LogP contribution in [0, 0.1) is 5.41 Å². The Hall–Kier alpha value is -1.14. The molecule has 0 bridgehead atoms. The number of aliphatic hydroxyl groups is 1. The Bertz CT molecular complexity index is 612. The Balaban J connectivity index is 2.15. The Labute approximate surface area is 139 Å². The maximum Gasteiger partial charge on any atom is 0.178 e. The zero-order chi connectivity index (χ0) is 16.3. The second-order valence-corrected chi connectivity index (χ2v) is 6.95. The van der Waals surface area contributed by atoms with Gasteiger partial charge in [0, 0.05) is 0 Å². The first-order valence-corrected chi connectivity index (χ1v) is 7.62. The normalized spacial score (nSPS) is 14.8. The molecule has 0 fully saturated rings. The van der Waals surface area contributed by atoms with E-state index in [0.29, 0.717) is 10.0 Å². The van der Waals surface area contributed by atoms with Crippen LogP contribution < -0.4 is 0 Å². The molecule has 22 heavy (non-hydrogen) atoms. The van der Waals surface area contributed by atoms with Crippen LogP contribution in [0.4, 0.5) is 0 Å². The monoisotopic (exact) mass is 343 g/mol. The second-order valence-electron chi connectivity index (χ2n) is 6.14. The molecule has 7 heteroatoms. The van der Waals surface area contributed by atoms with Gasteiger partial charge in [0.2, 0.25) is 0 Å². The largest absolute Gasteiger partial charge is 0.388 e. The lowest BCUT2D eigenvalue weighted by Crippen LogP contribution is -2.37. The third-order valence-electron chi connectivity index (χ3n) is 3.26. The molecule has 0 saturated heterocycles. The van der Waals surface area contributed by atoms with Gasteiger partial charge >= 0.3 is 0 Å². The van der Waals surface area contributed by atoms with Crippen molar-refractivity contribution in [2.24, 2.45) is 5.41 Å². The van der Waals surface area contributed by atoms with Gasteiger partial charge in [-0.15, -0.1) is 0 Å². The lowest BCUT2D eigenvalue weighted by molar-refractivity contribution is -0.132. The molecule has 0 aliphatic heterocycles. The van der Waals surface area contributed by atoms with Gasteiger partial charge in [-0.05, 0) is 23.1 Å². The molecule has 1 aromatic carbocycles. The number of hydrogen-bond acceptors (Lipinski definition) is 4. The average molecular weight is 344 g/mol. The van der Waals surface area contributed by atoms with Crippen LogP contribution in [0.1, 0.15) is 32.6 Å². The zero-order valence-corrected chi connectivity index (χ0v) is 14.2. The van der Waals surface area contributed by atoms with Gasteiger partial charge in [-0.2, -0.15) is 5.10 Å². The molecule has 1 aromatic heterocycles. The van der Waals surface area contributed by atoms with E-state index in [-0.39, 0.29) is 12.0 Å². The lowest BCUT2D eigenvalue weighted by atomic mass is 9.88. The summed E-state index contributed by atoms with van der Waals surface area (Å²) in [5, 5.41) is 15.6. The fourth-order valence-corrected chi connectivity index (χ4v) is 2.22. The number of benzene rings is 1. The van der Waals surface area contributed by atoms with Gasteiger partial charge in [0.05, 0.1) is 16.7 Å². The van der Waals surface area contributed by atoms with E-state index in [4.69, 9.17) is 27.9 Å². The number of aromatic nitrogens is 3. The number of halogens is 2. The minimum absolute atomic E-state index is 0.272. The molecule has 0 spiro atoms. The van der Waals surface area contributed by atoms with Crippen molar-refractivity contribution in [3.05, 3.63) is 46.5 Å². The summed E-state index contributed by atoms with van der Waals surface area (Å²) in [6, 6.07) is 5.29. The summed E-state index contributed by atoms with van der Waals surface area (Å²) in [5.41, 5.74) is 0.495. The zero-order valence-electron chi connectivity index (χ0n) is 12.7. The van der Waals surface area contributed by atoms with E-state index in [9.17, 15) is 5.11 Å². The molecule has 120 valence electrons. The van der Waals surface area contributed by atoms with Crippen LogP contribution in [-0.4, -0.2) is 26.0 Å². The number of ether oxygens (including phenoxy) is 1. The van der Waals surface area contributed by atoms with Crippen LogP contribution in [0.2, 0.25) is 10.0 Å². The molecule has 0 radical (unpaired) electrons. The van der Waals surface area contributed by atoms with Gasteiger partial charge in [0.15, 0.2) is 6.23 Å². The van der Waals surface area contributed by atoms with Crippen LogP contribution in [0.5, 0.6) is 0 Å². The molecule has 2 atom stereocenters. The van der Waals surface area contributed by atoms with Crippen LogP contribution in [0.15, 0.2) is 30.9 Å². The summed E-state index contributed by atoms with van der Waals surface area (Å²) in [5.74, 6) is 0. The molecule has 0 saturated carbocycles. The van der Waals surface area contributed by atoms with Crippen molar-refractivity contribution in [3.63, 3.8) is 0 Å². The van der Waals surface area contributed by atoms with Crippen molar-refractivity contribution in [1.29, 1.82) is 0 Å². The van der Waals surface area contributed by atoms with E-state index in [0.717, 1.165) is 5.56 Å². The van der Waals surface area contributed by atoms with Crippen LogP contribution >= 0.6 is 23.2 Å². The van der Waals surface area contributed by atoms with Gasteiger partial charge in [0.1, 0.15) is 18.8 Å². The average Bonchev–Trinajstić information content (AvgIpc) is 2.95. The molecular formula is C15H19Cl2N3O2. The fraction of sp³-hybridized carbons (Fsp3) is 0.467. The Morgan fingerprint density at radius 2 is 2.00 bits per heavy atom. The highest BCUT2D eigenvalue weighted by Crippen LogP contribution is 2.30. The standard InChI is InChI=1S/C15H19Cl2N3O2/c1-15(2,3)13(21)14(20-9-18-8-19-20)22-7-10-4-5-11(16)12(17)6-10/h4-6,8-9,13-14,21H,7H2,1-3H3. The summed E-state index contributed by atoms with van der Waals surface area (Å²) < 4.78 is 7.37. The highest BCUT2D eigenvalue weighted by molar-refractivity contribution is 6.42. The number of nitrogens with zero attached hydrogens (tertiary/aromatic N) is 3. The highest BCUT2D eigenvalue weighted by Gasteiger charge is 2.33. The van der Waals surface area contributed by atoms with Gasteiger partial charge < -0.3 is 9.84 Å². The predicted octanol–water partition coefficient (Wildman–Crippen LogP) is 3.71. The quantitative estimate of drug-likeness (QED) is 0.898. The lowest BCUT2D eigenvalue weighted by Gasteiger charge is -2.32. The third-order valence-corrected chi connectivity index (χ3v) is 4.00. The first-order chi connectivity index (χ1) is 10.3. The smallest absolute Gasteiger partial charge is 0.178 e. The fourth-order valence-electron chi connectivity index (χ4n) is 1.90. The molecule has 2 aromatic rings. The first kappa shape index (κ1) is 17.2. The number of rotatable bonds is 5. The summed E-state index contributed by atoms with van der Waals surface area (Å²) in [7, 11) is 0. The second kappa shape index (κ2) is 6.96. The first-order valence-electron chi connectivity index (χ1n) is 6.87. The predicted molar refractivity (Wildman–Crippen MR) is 85.8 cm³/mol. The summed E-state index contributed by atoms with van der Waals surface area (Å²) in [6.45, 7) is 6.08. The van der Waals surface area contributed by atoms with Gasteiger partial charge in [0.25, 0.3) is 0 Å².